The predicted octanol–water partition coefficient (Wildman–Crippen LogP) is 4.25. The lowest BCUT2D eigenvalue weighted by Gasteiger charge is -2.22. The summed E-state index contributed by atoms with van der Waals surface area (Å²) in [6, 6.07) is 6.65. The Morgan fingerprint density at radius 2 is 1.81 bits per heavy atom. The third kappa shape index (κ3) is 2.86. The summed E-state index contributed by atoms with van der Waals surface area (Å²) < 4.78 is 0. The fraction of sp³-hybridized carbons (Fsp3) is 0.500. The summed E-state index contributed by atoms with van der Waals surface area (Å²) in [4.78, 5) is 0. The maximum atomic E-state index is 8.84. The number of rotatable bonds is 2. The van der Waals surface area contributed by atoms with Crippen LogP contribution in [0.5, 0.6) is 0 Å². The van der Waals surface area contributed by atoms with E-state index in [9.17, 15) is 0 Å². The fourth-order valence-electron chi connectivity index (χ4n) is 1.68. The minimum absolute atomic E-state index is 0.134. The van der Waals surface area contributed by atoms with Crippen molar-refractivity contribution in [3.8, 4) is 6.07 Å². The third-order valence-corrected chi connectivity index (χ3v) is 3.51. The normalized spacial score (nSPS) is 11.2. The van der Waals surface area contributed by atoms with Crippen molar-refractivity contribution in [1.29, 1.82) is 5.26 Å². The van der Waals surface area contributed by atoms with Gasteiger partial charge in [0.05, 0.1) is 12.5 Å². The number of alkyl halides is 1. The van der Waals surface area contributed by atoms with E-state index < -0.39 is 0 Å². The smallest absolute Gasteiger partial charge is 0.0669 e. The molecule has 1 aromatic carbocycles. The van der Waals surface area contributed by atoms with Crippen LogP contribution in [-0.2, 0) is 17.2 Å². The summed E-state index contributed by atoms with van der Waals surface area (Å²) in [5, 5.41) is 9.69. The number of hydrogen-bond donors (Lipinski definition) is 0. The zero-order valence-corrected chi connectivity index (χ0v) is 12.0. The molecule has 1 nitrogen and oxygen atoms in total. The van der Waals surface area contributed by atoms with Gasteiger partial charge < -0.3 is 0 Å². The van der Waals surface area contributed by atoms with Gasteiger partial charge in [0.15, 0.2) is 0 Å². The minimum atomic E-state index is 0.134. The van der Waals surface area contributed by atoms with E-state index in [1.165, 1.54) is 16.7 Å². The van der Waals surface area contributed by atoms with Gasteiger partial charge in [-0.2, -0.15) is 5.26 Å². The van der Waals surface area contributed by atoms with E-state index in [0.29, 0.717) is 6.42 Å². The third-order valence-electron chi connectivity index (χ3n) is 2.90. The van der Waals surface area contributed by atoms with Gasteiger partial charge in [-0.15, -0.1) is 0 Å². The van der Waals surface area contributed by atoms with E-state index >= 15 is 0 Å². The summed E-state index contributed by atoms with van der Waals surface area (Å²) in [7, 11) is 0. The van der Waals surface area contributed by atoms with Crippen molar-refractivity contribution in [3.05, 3.63) is 34.4 Å². The zero-order chi connectivity index (χ0) is 12.3. The lowest BCUT2D eigenvalue weighted by atomic mass is 9.83. The van der Waals surface area contributed by atoms with Crippen LogP contribution in [0.1, 0.15) is 43.0 Å². The molecule has 0 bridgehead atoms. The van der Waals surface area contributed by atoms with Crippen molar-refractivity contribution in [2.75, 3.05) is 0 Å². The van der Waals surface area contributed by atoms with Gasteiger partial charge in [-0.1, -0.05) is 48.8 Å². The second-order valence-electron chi connectivity index (χ2n) is 5.14. The highest BCUT2D eigenvalue weighted by molar-refractivity contribution is 9.08. The minimum Gasteiger partial charge on any atom is -0.198 e. The van der Waals surface area contributed by atoms with Crippen molar-refractivity contribution < 1.29 is 0 Å². The molecule has 0 atom stereocenters. The Bertz CT molecular complexity index is 422. The SMILES string of the molecule is Cc1c(CBr)cc(C(C)(C)C)cc1CC#N. The Kier molecular flexibility index (Phi) is 4.15. The molecule has 0 spiro atoms. The van der Waals surface area contributed by atoms with Gasteiger partial charge in [-0.05, 0) is 34.6 Å². The lowest BCUT2D eigenvalue weighted by molar-refractivity contribution is 0.588. The Hall–Kier alpha value is -0.810. The number of nitrogens with zero attached hydrogens (tertiary/aromatic N) is 1. The molecule has 0 amide bonds. The molecule has 16 heavy (non-hydrogen) atoms. The van der Waals surface area contributed by atoms with Gasteiger partial charge in [0, 0.05) is 5.33 Å². The van der Waals surface area contributed by atoms with Crippen LogP contribution in [0.15, 0.2) is 12.1 Å². The van der Waals surface area contributed by atoms with Crippen LogP contribution in [0, 0.1) is 18.3 Å². The van der Waals surface area contributed by atoms with Crippen molar-refractivity contribution in [2.45, 2.75) is 44.9 Å². The fourth-order valence-corrected chi connectivity index (χ4v) is 2.26. The largest absolute Gasteiger partial charge is 0.198 e. The number of nitriles is 1. The molecular formula is C14H18BrN. The first-order valence-electron chi connectivity index (χ1n) is 5.46. The molecule has 0 radical (unpaired) electrons. The zero-order valence-electron chi connectivity index (χ0n) is 10.4. The number of benzene rings is 1. The summed E-state index contributed by atoms with van der Waals surface area (Å²) in [5.74, 6) is 0. The number of halogens is 1. The molecule has 0 N–H and O–H groups in total. The van der Waals surface area contributed by atoms with Gasteiger partial charge in [0.1, 0.15) is 0 Å². The summed E-state index contributed by atoms with van der Waals surface area (Å²) in [6.07, 6.45) is 0.496. The standard InChI is InChI=1S/C14H18BrN/c1-10-11(5-6-16)7-13(14(2,3)4)8-12(10)9-15/h7-8H,5,9H2,1-4H3. The van der Waals surface area contributed by atoms with E-state index in [-0.39, 0.29) is 5.41 Å². The maximum absolute atomic E-state index is 8.84. The molecule has 0 fully saturated rings. The summed E-state index contributed by atoms with van der Waals surface area (Å²) in [5.41, 5.74) is 5.13. The average molecular weight is 280 g/mol. The molecule has 1 rings (SSSR count). The Balaban J connectivity index is 3.35. The maximum Gasteiger partial charge on any atom is 0.0669 e. The Labute approximate surface area is 107 Å². The van der Waals surface area contributed by atoms with Crippen LogP contribution in [0.2, 0.25) is 0 Å². The Morgan fingerprint density at radius 3 is 2.25 bits per heavy atom. The molecule has 0 saturated carbocycles. The first-order valence-corrected chi connectivity index (χ1v) is 6.58. The van der Waals surface area contributed by atoms with Gasteiger partial charge in [-0.3, -0.25) is 0 Å². The van der Waals surface area contributed by atoms with E-state index in [2.05, 4.69) is 61.8 Å². The van der Waals surface area contributed by atoms with Crippen LogP contribution in [0.3, 0.4) is 0 Å². The predicted molar refractivity (Wildman–Crippen MR) is 71.8 cm³/mol. The quantitative estimate of drug-likeness (QED) is 0.743. The van der Waals surface area contributed by atoms with Crippen molar-refractivity contribution in [3.63, 3.8) is 0 Å². The van der Waals surface area contributed by atoms with E-state index in [1.54, 1.807) is 0 Å². The van der Waals surface area contributed by atoms with Gasteiger partial charge in [0.2, 0.25) is 0 Å². The van der Waals surface area contributed by atoms with Crippen molar-refractivity contribution >= 4 is 15.9 Å². The van der Waals surface area contributed by atoms with Crippen LogP contribution < -0.4 is 0 Å². The Morgan fingerprint density at radius 1 is 1.25 bits per heavy atom. The van der Waals surface area contributed by atoms with E-state index in [1.807, 2.05) is 0 Å². The van der Waals surface area contributed by atoms with Crippen LogP contribution in [0.25, 0.3) is 0 Å². The molecule has 86 valence electrons. The lowest BCUT2D eigenvalue weighted by Crippen LogP contribution is -2.13. The van der Waals surface area contributed by atoms with E-state index in [4.69, 9.17) is 5.26 Å². The van der Waals surface area contributed by atoms with Crippen LogP contribution >= 0.6 is 15.9 Å². The highest BCUT2D eigenvalue weighted by Gasteiger charge is 2.16. The molecule has 0 aliphatic heterocycles. The first kappa shape index (κ1) is 13.3. The molecule has 0 aromatic heterocycles. The van der Waals surface area contributed by atoms with Crippen molar-refractivity contribution in [1.82, 2.24) is 0 Å². The monoisotopic (exact) mass is 279 g/mol. The van der Waals surface area contributed by atoms with Crippen LogP contribution in [-0.4, -0.2) is 0 Å². The van der Waals surface area contributed by atoms with E-state index in [0.717, 1.165) is 10.9 Å². The molecular weight excluding hydrogens is 262 g/mol. The molecule has 0 aliphatic carbocycles. The summed E-state index contributed by atoms with van der Waals surface area (Å²) >= 11 is 3.51. The molecule has 1 aromatic rings. The molecule has 0 saturated heterocycles. The second kappa shape index (κ2) is 5.01. The highest BCUT2D eigenvalue weighted by atomic mass is 79.9. The first-order chi connectivity index (χ1) is 7.40. The average Bonchev–Trinajstić information content (AvgIpc) is 2.19. The molecule has 0 unspecified atom stereocenters. The van der Waals surface area contributed by atoms with Gasteiger partial charge >= 0.3 is 0 Å². The topological polar surface area (TPSA) is 23.8 Å². The van der Waals surface area contributed by atoms with Crippen molar-refractivity contribution in [2.24, 2.45) is 0 Å². The van der Waals surface area contributed by atoms with Gasteiger partial charge in [-0.25, -0.2) is 0 Å². The second-order valence-corrected chi connectivity index (χ2v) is 5.70. The highest BCUT2D eigenvalue weighted by Crippen LogP contribution is 2.28. The summed E-state index contributed by atoms with van der Waals surface area (Å²) in [6.45, 7) is 8.69. The molecule has 0 aliphatic rings. The molecule has 0 heterocycles. The van der Waals surface area contributed by atoms with Gasteiger partial charge in [0.25, 0.3) is 0 Å². The number of hydrogen-bond acceptors (Lipinski definition) is 1. The van der Waals surface area contributed by atoms with Crippen LogP contribution in [0.4, 0.5) is 0 Å². The molecule has 2 heteroatoms.